The van der Waals surface area contributed by atoms with Gasteiger partial charge in [-0.3, -0.25) is 9.59 Å². The monoisotopic (exact) mass is 480 g/mol. The number of methoxy groups -OCH3 is 1. The van der Waals surface area contributed by atoms with Crippen molar-refractivity contribution < 1.29 is 19.1 Å². The van der Waals surface area contributed by atoms with E-state index in [1.54, 1.807) is 42.5 Å². The van der Waals surface area contributed by atoms with Gasteiger partial charge in [0.15, 0.2) is 16.7 Å². The van der Waals surface area contributed by atoms with Crippen LogP contribution in [0.3, 0.4) is 0 Å². The Morgan fingerprint density at radius 2 is 2.00 bits per heavy atom. The van der Waals surface area contributed by atoms with Gasteiger partial charge in [0, 0.05) is 11.9 Å². The Balaban J connectivity index is 1.87. The zero-order valence-corrected chi connectivity index (χ0v) is 17.9. The Labute approximate surface area is 179 Å². The van der Waals surface area contributed by atoms with E-state index >= 15 is 0 Å². The molecule has 0 atom stereocenters. The molecule has 0 aliphatic carbocycles. The lowest BCUT2D eigenvalue weighted by Crippen LogP contribution is -2.19. The highest BCUT2D eigenvalue weighted by atomic mass is 79.9. The fourth-order valence-corrected chi connectivity index (χ4v) is 3.84. The second kappa shape index (κ2) is 8.81. The minimum atomic E-state index is -0.459. The first-order valence-electron chi connectivity index (χ1n) is 7.97. The number of thioether (sulfide) groups is 1. The molecule has 0 radical (unpaired) electrons. The molecular weight excluding hydrogens is 468 g/mol. The molecule has 0 saturated carbocycles. The number of carbonyl (C=O) groups excluding carboxylic acids is 2. The lowest BCUT2D eigenvalue weighted by molar-refractivity contribution is -0.132. The summed E-state index contributed by atoms with van der Waals surface area (Å²) in [6, 6.07) is 10.4. The number of carbonyl (C=O) groups is 2. The first-order valence-corrected chi connectivity index (χ1v) is 9.95. The number of halogens is 2. The molecule has 1 N–H and O–H groups in total. The van der Waals surface area contributed by atoms with Crippen LogP contribution in [0.25, 0.3) is 6.08 Å². The number of nitrogens with one attached hydrogen (secondary N) is 1. The Hall–Kier alpha value is -2.29. The van der Waals surface area contributed by atoms with Crippen LogP contribution in [0.1, 0.15) is 12.5 Å². The Kier molecular flexibility index (Phi) is 6.43. The number of hydrogen-bond donors (Lipinski definition) is 1. The lowest BCUT2D eigenvalue weighted by atomic mass is 10.2. The van der Waals surface area contributed by atoms with Crippen molar-refractivity contribution in [2.75, 3.05) is 7.11 Å². The van der Waals surface area contributed by atoms with E-state index in [0.717, 1.165) is 0 Å². The van der Waals surface area contributed by atoms with Crippen LogP contribution in [0.15, 0.2) is 50.8 Å². The largest absolute Gasteiger partial charge is 0.493 e. The van der Waals surface area contributed by atoms with Crippen LogP contribution in [0, 0.1) is 0 Å². The van der Waals surface area contributed by atoms with Crippen molar-refractivity contribution in [3.05, 3.63) is 56.4 Å². The number of aliphatic imine (C=N–C) groups is 1. The second-order valence-corrected chi connectivity index (χ2v) is 7.91. The van der Waals surface area contributed by atoms with Crippen molar-refractivity contribution in [2.24, 2.45) is 4.99 Å². The van der Waals surface area contributed by atoms with E-state index in [0.29, 0.717) is 36.6 Å². The molecule has 9 heteroatoms. The maximum absolute atomic E-state index is 12.3. The van der Waals surface area contributed by atoms with Crippen LogP contribution >= 0.6 is 39.3 Å². The normalized spacial score (nSPS) is 16.4. The van der Waals surface area contributed by atoms with E-state index in [4.69, 9.17) is 21.1 Å². The van der Waals surface area contributed by atoms with Crippen LogP contribution in [0.4, 0.5) is 5.69 Å². The molecule has 1 aliphatic rings. The molecule has 2 aromatic carbocycles. The van der Waals surface area contributed by atoms with Crippen molar-refractivity contribution in [3.8, 4) is 11.5 Å². The Morgan fingerprint density at radius 3 is 2.64 bits per heavy atom. The van der Waals surface area contributed by atoms with E-state index in [9.17, 15) is 9.59 Å². The number of esters is 1. The number of nitrogens with zero attached hydrogens (tertiary/aromatic N) is 1. The van der Waals surface area contributed by atoms with Gasteiger partial charge in [-0.25, -0.2) is 4.99 Å². The quantitative estimate of drug-likeness (QED) is 0.381. The van der Waals surface area contributed by atoms with Crippen LogP contribution in [-0.4, -0.2) is 24.2 Å². The minimum absolute atomic E-state index is 0.253. The lowest BCUT2D eigenvalue weighted by Gasteiger charge is -2.11. The minimum Gasteiger partial charge on any atom is -0.493 e. The zero-order valence-electron chi connectivity index (χ0n) is 14.8. The average molecular weight is 482 g/mol. The average Bonchev–Trinajstić information content (AvgIpc) is 2.97. The summed E-state index contributed by atoms with van der Waals surface area (Å²) in [4.78, 5) is 28.4. The van der Waals surface area contributed by atoms with Crippen molar-refractivity contribution >= 4 is 68.1 Å². The number of amidine groups is 1. The smallest absolute Gasteiger partial charge is 0.308 e. The molecule has 1 heterocycles. The summed E-state index contributed by atoms with van der Waals surface area (Å²) in [5.41, 5.74) is 1.38. The van der Waals surface area contributed by atoms with Gasteiger partial charge >= 0.3 is 5.97 Å². The molecule has 0 unspecified atom stereocenters. The predicted molar refractivity (Wildman–Crippen MR) is 114 cm³/mol. The molecule has 0 aromatic heterocycles. The maximum atomic E-state index is 12.3. The van der Waals surface area contributed by atoms with Gasteiger partial charge in [0.1, 0.15) is 0 Å². The molecule has 1 aliphatic heterocycles. The van der Waals surface area contributed by atoms with Crippen LogP contribution in [0.2, 0.25) is 5.02 Å². The summed E-state index contributed by atoms with van der Waals surface area (Å²) in [6.45, 7) is 1.31. The van der Waals surface area contributed by atoms with Gasteiger partial charge in [0.2, 0.25) is 0 Å². The van der Waals surface area contributed by atoms with E-state index in [1.807, 2.05) is 0 Å². The SMILES string of the molecule is COc1cc(/C=C2\SC(=Nc3ccc(Cl)cc3)NC2=O)cc(Br)c1OC(C)=O. The highest BCUT2D eigenvalue weighted by molar-refractivity contribution is 9.10. The summed E-state index contributed by atoms with van der Waals surface area (Å²) in [6.07, 6.45) is 1.70. The summed E-state index contributed by atoms with van der Waals surface area (Å²) in [5.74, 6) is -0.0590. The van der Waals surface area contributed by atoms with E-state index < -0.39 is 5.97 Å². The van der Waals surface area contributed by atoms with Gasteiger partial charge in [-0.2, -0.15) is 0 Å². The summed E-state index contributed by atoms with van der Waals surface area (Å²) in [7, 11) is 1.47. The Morgan fingerprint density at radius 1 is 1.29 bits per heavy atom. The molecule has 2 aromatic rings. The number of ether oxygens (including phenoxy) is 2. The summed E-state index contributed by atoms with van der Waals surface area (Å²) < 4.78 is 11.0. The van der Waals surface area contributed by atoms with Crippen LogP contribution < -0.4 is 14.8 Å². The molecule has 144 valence electrons. The first-order chi connectivity index (χ1) is 13.4. The first kappa shape index (κ1) is 20.4. The maximum Gasteiger partial charge on any atom is 0.308 e. The number of benzene rings is 2. The van der Waals surface area contributed by atoms with E-state index in [-0.39, 0.29) is 11.7 Å². The van der Waals surface area contributed by atoms with Gasteiger partial charge in [0.25, 0.3) is 5.91 Å². The third-order valence-electron chi connectivity index (χ3n) is 3.50. The van der Waals surface area contributed by atoms with E-state index in [1.165, 1.54) is 25.8 Å². The van der Waals surface area contributed by atoms with Crippen molar-refractivity contribution in [1.82, 2.24) is 5.32 Å². The van der Waals surface area contributed by atoms with Gasteiger partial charge in [0.05, 0.1) is 22.2 Å². The molecular formula is C19H14BrClN2O4S. The third kappa shape index (κ3) is 4.95. The fraction of sp³-hybridized carbons (Fsp3) is 0.105. The highest BCUT2D eigenvalue weighted by Crippen LogP contribution is 2.38. The van der Waals surface area contributed by atoms with Gasteiger partial charge in [-0.05, 0) is 75.7 Å². The van der Waals surface area contributed by atoms with Gasteiger partial charge < -0.3 is 14.8 Å². The number of rotatable bonds is 4. The molecule has 1 saturated heterocycles. The summed E-state index contributed by atoms with van der Waals surface area (Å²) >= 11 is 10.5. The van der Waals surface area contributed by atoms with Gasteiger partial charge in [-0.1, -0.05) is 11.6 Å². The third-order valence-corrected chi connectivity index (χ3v) is 5.25. The zero-order chi connectivity index (χ0) is 20.3. The van der Waals surface area contributed by atoms with Crippen molar-refractivity contribution in [2.45, 2.75) is 6.92 Å². The van der Waals surface area contributed by atoms with Gasteiger partial charge in [-0.15, -0.1) is 0 Å². The number of amides is 1. The van der Waals surface area contributed by atoms with Crippen LogP contribution in [0.5, 0.6) is 11.5 Å². The molecule has 3 rings (SSSR count). The van der Waals surface area contributed by atoms with Crippen molar-refractivity contribution in [3.63, 3.8) is 0 Å². The topological polar surface area (TPSA) is 77.0 Å². The van der Waals surface area contributed by atoms with E-state index in [2.05, 4.69) is 26.2 Å². The molecule has 0 bridgehead atoms. The molecule has 6 nitrogen and oxygen atoms in total. The fourth-order valence-electron chi connectivity index (χ4n) is 2.33. The predicted octanol–water partition coefficient (Wildman–Crippen LogP) is 4.93. The molecule has 28 heavy (non-hydrogen) atoms. The molecule has 0 spiro atoms. The van der Waals surface area contributed by atoms with Crippen molar-refractivity contribution in [1.29, 1.82) is 0 Å². The molecule has 1 fully saturated rings. The summed E-state index contributed by atoms with van der Waals surface area (Å²) in [5, 5.41) is 3.82. The van der Waals surface area contributed by atoms with Crippen LogP contribution in [-0.2, 0) is 9.59 Å². The standard InChI is InChI=1S/C19H14BrClN2O4S/c1-10(24)27-17-14(20)7-11(8-15(17)26-2)9-16-18(25)23-19(28-16)22-13-5-3-12(21)4-6-13/h3-9H,1-2H3,(H,22,23,25)/b16-9-. The second-order valence-electron chi connectivity index (χ2n) is 5.59. The number of hydrogen-bond acceptors (Lipinski definition) is 6. The highest BCUT2D eigenvalue weighted by Gasteiger charge is 2.24. The Bertz CT molecular complexity index is 1010. The molecule has 1 amide bonds.